The standard InChI is InChI=1S/C27H34N4O4/c1-18-15-31(19(2)17-32)26(33)22-13-21(20-9-5-4-6-10-20)14-29-25(22)35-24(18)16-30(3)27(34)23-11-7-8-12-28-23/h7-9,11-14,18-19,24,32H,4-6,10,15-17H2,1-3H3/t18-,19-,24-/m0/s1. The monoisotopic (exact) mass is 478 g/mol. The molecule has 1 aliphatic carbocycles. The van der Waals surface area contributed by atoms with Crippen molar-refractivity contribution in [1.29, 1.82) is 0 Å². The number of rotatable bonds is 6. The van der Waals surface area contributed by atoms with Crippen LogP contribution in [0, 0.1) is 5.92 Å². The molecule has 8 nitrogen and oxygen atoms in total. The lowest BCUT2D eigenvalue weighted by Crippen LogP contribution is -2.50. The number of carbonyl (C=O) groups excluding carboxylic acids is 2. The number of nitrogens with zero attached hydrogens (tertiary/aromatic N) is 4. The summed E-state index contributed by atoms with van der Waals surface area (Å²) in [5.74, 6) is -0.244. The van der Waals surface area contributed by atoms with Gasteiger partial charge in [0.15, 0.2) is 0 Å². The normalized spacial score (nSPS) is 21.2. The number of allylic oxidation sites excluding steroid dienone is 2. The number of pyridine rings is 2. The molecule has 0 aromatic carbocycles. The van der Waals surface area contributed by atoms with Crippen LogP contribution in [0.3, 0.4) is 0 Å². The maximum absolute atomic E-state index is 13.6. The van der Waals surface area contributed by atoms with Gasteiger partial charge in [0.1, 0.15) is 17.4 Å². The van der Waals surface area contributed by atoms with Crippen LogP contribution in [0.4, 0.5) is 0 Å². The molecule has 0 bridgehead atoms. The molecule has 0 saturated heterocycles. The zero-order valence-electron chi connectivity index (χ0n) is 20.7. The van der Waals surface area contributed by atoms with E-state index in [-0.39, 0.29) is 36.3 Å². The molecule has 0 fully saturated rings. The van der Waals surface area contributed by atoms with E-state index < -0.39 is 6.10 Å². The summed E-state index contributed by atoms with van der Waals surface area (Å²) in [6.45, 7) is 4.37. The molecule has 3 heterocycles. The Morgan fingerprint density at radius 3 is 2.83 bits per heavy atom. The quantitative estimate of drug-likeness (QED) is 0.684. The van der Waals surface area contributed by atoms with Gasteiger partial charge >= 0.3 is 0 Å². The first-order valence-electron chi connectivity index (χ1n) is 12.3. The third-order valence-corrected chi connectivity index (χ3v) is 6.87. The second-order valence-corrected chi connectivity index (χ2v) is 9.58. The second-order valence-electron chi connectivity index (χ2n) is 9.58. The molecule has 2 amide bonds. The van der Waals surface area contributed by atoms with E-state index in [0.717, 1.165) is 24.8 Å². The first-order chi connectivity index (χ1) is 16.9. The lowest BCUT2D eigenvalue weighted by atomic mass is 9.93. The fourth-order valence-corrected chi connectivity index (χ4v) is 4.63. The van der Waals surface area contributed by atoms with Gasteiger partial charge in [0.2, 0.25) is 5.88 Å². The van der Waals surface area contributed by atoms with Crippen LogP contribution in [0.15, 0.2) is 42.7 Å². The number of aromatic nitrogens is 2. The predicted molar refractivity (Wildman–Crippen MR) is 133 cm³/mol. The van der Waals surface area contributed by atoms with Crippen LogP contribution in [-0.4, -0.2) is 75.6 Å². The van der Waals surface area contributed by atoms with Gasteiger partial charge in [0.05, 0.1) is 19.2 Å². The van der Waals surface area contributed by atoms with Gasteiger partial charge in [-0.2, -0.15) is 0 Å². The van der Waals surface area contributed by atoms with Crippen molar-refractivity contribution >= 4 is 17.4 Å². The van der Waals surface area contributed by atoms with Gasteiger partial charge in [-0.05, 0) is 61.9 Å². The first-order valence-corrected chi connectivity index (χ1v) is 12.3. The number of likely N-dealkylation sites (N-methyl/N-ethyl adjacent to an activating group) is 1. The summed E-state index contributed by atoms with van der Waals surface area (Å²) in [5, 5.41) is 9.86. The van der Waals surface area contributed by atoms with Crippen molar-refractivity contribution in [2.24, 2.45) is 5.92 Å². The number of amides is 2. The first kappa shape index (κ1) is 24.9. The Balaban J connectivity index is 1.66. The minimum atomic E-state index is -0.403. The summed E-state index contributed by atoms with van der Waals surface area (Å²) in [7, 11) is 1.72. The number of ether oxygens (including phenoxy) is 1. The van der Waals surface area contributed by atoms with E-state index in [2.05, 4.69) is 16.0 Å². The lowest BCUT2D eigenvalue weighted by molar-refractivity contribution is 0.0312. The van der Waals surface area contributed by atoms with Crippen LogP contribution < -0.4 is 4.74 Å². The van der Waals surface area contributed by atoms with E-state index in [1.54, 1.807) is 47.4 Å². The lowest BCUT2D eigenvalue weighted by Gasteiger charge is -2.37. The smallest absolute Gasteiger partial charge is 0.272 e. The molecular weight excluding hydrogens is 444 g/mol. The zero-order valence-corrected chi connectivity index (χ0v) is 20.7. The number of hydrogen-bond acceptors (Lipinski definition) is 6. The van der Waals surface area contributed by atoms with Crippen LogP contribution in [0.2, 0.25) is 0 Å². The van der Waals surface area contributed by atoms with Crippen molar-refractivity contribution in [2.75, 3.05) is 26.7 Å². The molecular formula is C27H34N4O4. The highest BCUT2D eigenvalue weighted by Crippen LogP contribution is 2.32. The molecule has 3 atom stereocenters. The van der Waals surface area contributed by atoms with Crippen molar-refractivity contribution in [3.63, 3.8) is 0 Å². The number of carbonyl (C=O) groups is 2. The number of aliphatic hydroxyl groups is 1. The highest BCUT2D eigenvalue weighted by molar-refractivity contribution is 5.97. The van der Waals surface area contributed by atoms with E-state index in [4.69, 9.17) is 4.74 Å². The Hall–Kier alpha value is -3.26. The molecule has 0 spiro atoms. The van der Waals surface area contributed by atoms with Crippen LogP contribution in [-0.2, 0) is 0 Å². The molecule has 1 aliphatic heterocycles. The molecule has 2 aliphatic rings. The van der Waals surface area contributed by atoms with Gasteiger partial charge in [-0.3, -0.25) is 14.6 Å². The largest absolute Gasteiger partial charge is 0.472 e. The van der Waals surface area contributed by atoms with Crippen molar-refractivity contribution in [3.05, 3.63) is 59.6 Å². The van der Waals surface area contributed by atoms with Crippen LogP contribution in [0.5, 0.6) is 5.88 Å². The minimum absolute atomic E-state index is 0.109. The average Bonchev–Trinajstić information content (AvgIpc) is 2.90. The Bertz CT molecular complexity index is 1090. The number of aliphatic hydroxyl groups excluding tert-OH is 1. The molecule has 2 aromatic heterocycles. The summed E-state index contributed by atoms with van der Waals surface area (Å²) in [5.41, 5.74) is 2.89. The van der Waals surface area contributed by atoms with Gasteiger partial charge in [0.25, 0.3) is 11.8 Å². The molecule has 1 N–H and O–H groups in total. The van der Waals surface area contributed by atoms with Gasteiger partial charge in [0, 0.05) is 31.9 Å². The van der Waals surface area contributed by atoms with Crippen LogP contribution >= 0.6 is 0 Å². The SMILES string of the molecule is C[C@H]1CN([C@@H](C)CO)C(=O)c2cc(C3=CCCCC3)cnc2O[C@H]1CN(C)C(=O)c1ccccn1. The fourth-order valence-electron chi connectivity index (χ4n) is 4.63. The van der Waals surface area contributed by atoms with E-state index >= 15 is 0 Å². The molecule has 4 rings (SSSR count). The maximum atomic E-state index is 13.6. The molecule has 0 radical (unpaired) electrons. The van der Waals surface area contributed by atoms with E-state index in [9.17, 15) is 14.7 Å². The summed E-state index contributed by atoms with van der Waals surface area (Å²) >= 11 is 0. The highest BCUT2D eigenvalue weighted by atomic mass is 16.5. The average molecular weight is 479 g/mol. The maximum Gasteiger partial charge on any atom is 0.272 e. The molecule has 0 unspecified atom stereocenters. The summed E-state index contributed by atoms with van der Waals surface area (Å²) in [6.07, 6.45) is 9.48. The Morgan fingerprint density at radius 2 is 2.14 bits per heavy atom. The van der Waals surface area contributed by atoms with Gasteiger partial charge in [-0.1, -0.05) is 19.1 Å². The zero-order chi connectivity index (χ0) is 24.9. The molecule has 2 aromatic rings. The topological polar surface area (TPSA) is 95.9 Å². The minimum Gasteiger partial charge on any atom is -0.472 e. The molecule has 0 saturated carbocycles. The third-order valence-electron chi connectivity index (χ3n) is 6.87. The predicted octanol–water partition coefficient (Wildman–Crippen LogP) is 3.43. The van der Waals surface area contributed by atoms with E-state index in [0.29, 0.717) is 24.3 Å². The van der Waals surface area contributed by atoms with Gasteiger partial charge in [-0.15, -0.1) is 0 Å². The van der Waals surface area contributed by atoms with Crippen molar-refractivity contribution < 1.29 is 19.4 Å². The summed E-state index contributed by atoms with van der Waals surface area (Å²) in [4.78, 5) is 38.5. The van der Waals surface area contributed by atoms with Crippen molar-refractivity contribution in [3.8, 4) is 5.88 Å². The Morgan fingerprint density at radius 1 is 1.31 bits per heavy atom. The van der Waals surface area contributed by atoms with E-state index in [1.165, 1.54) is 12.0 Å². The highest BCUT2D eigenvalue weighted by Gasteiger charge is 2.35. The second kappa shape index (κ2) is 11.0. The Labute approximate surface area is 206 Å². The fraction of sp³-hybridized carbons (Fsp3) is 0.481. The summed E-state index contributed by atoms with van der Waals surface area (Å²) < 4.78 is 6.33. The molecule has 186 valence electrons. The summed E-state index contributed by atoms with van der Waals surface area (Å²) in [6, 6.07) is 6.74. The number of fused-ring (bicyclic) bond motifs is 1. The molecule has 8 heteroatoms. The van der Waals surface area contributed by atoms with Gasteiger partial charge < -0.3 is 19.6 Å². The van der Waals surface area contributed by atoms with E-state index in [1.807, 2.05) is 19.9 Å². The number of hydrogen-bond donors (Lipinski definition) is 1. The van der Waals surface area contributed by atoms with Crippen molar-refractivity contribution in [1.82, 2.24) is 19.8 Å². The molecule has 35 heavy (non-hydrogen) atoms. The van der Waals surface area contributed by atoms with Crippen LogP contribution in [0.25, 0.3) is 5.57 Å². The van der Waals surface area contributed by atoms with Gasteiger partial charge in [-0.25, -0.2) is 4.98 Å². The Kier molecular flexibility index (Phi) is 7.80. The van der Waals surface area contributed by atoms with Crippen LogP contribution in [0.1, 0.15) is 65.9 Å². The third kappa shape index (κ3) is 5.53. The van der Waals surface area contributed by atoms with Crippen molar-refractivity contribution in [2.45, 2.75) is 51.7 Å².